The highest BCUT2D eigenvalue weighted by Gasteiger charge is 2.40. The molecule has 7 heteroatoms. The summed E-state index contributed by atoms with van der Waals surface area (Å²) in [6, 6.07) is 9.15. The van der Waals surface area contributed by atoms with Crippen molar-refractivity contribution in [1.29, 1.82) is 0 Å². The number of rotatable bonds is 5. The van der Waals surface area contributed by atoms with Crippen molar-refractivity contribution in [2.45, 2.75) is 12.0 Å². The Morgan fingerprint density at radius 2 is 2.20 bits per heavy atom. The Labute approximate surface area is 145 Å². The number of ether oxygens (including phenoxy) is 2. The Kier molecular flexibility index (Phi) is 4.96. The number of pyridine rings is 1. The lowest BCUT2D eigenvalue weighted by molar-refractivity contribution is -0.148. The SMILES string of the molecule is COCC1(CC(N)=O)CN(C(=O)c2cccc3ncccc23)CCO1. The molecule has 2 aromatic rings. The molecule has 1 saturated heterocycles. The summed E-state index contributed by atoms with van der Waals surface area (Å²) < 4.78 is 11.0. The van der Waals surface area contributed by atoms with E-state index in [0.717, 1.165) is 10.9 Å². The van der Waals surface area contributed by atoms with Gasteiger partial charge in [-0.15, -0.1) is 0 Å². The van der Waals surface area contributed by atoms with Crippen molar-refractivity contribution in [3.8, 4) is 0 Å². The molecule has 7 nitrogen and oxygen atoms in total. The first kappa shape index (κ1) is 17.3. The largest absolute Gasteiger partial charge is 0.382 e. The molecule has 1 aliphatic rings. The highest BCUT2D eigenvalue weighted by atomic mass is 16.5. The number of primary amides is 1. The first-order chi connectivity index (χ1) is 12.0. The zero-order chi connectivity index (χ0) is 17.9. The number of morpholine rings is 1. The Morgan fingerprint density at radius 3 is 2.96 bits per heavy atom. The number of benzene rings is 1. The normalized spacial score (nSPS) is 20.6. The highest BCUT2D eigenvalue weighted by molar-refractivity contribution is 6.06. The van der Waals surface area contributed by atoms with E-state index >= 15 is 0 Å². The summed E-state index contributed by atoms with van der Waals surface area (Å²) in [6.45, 7) is 1.21. The van der Waals surface area contributed by atoms with E-state index in [1.807, 2.05) is 18.2 Å². The molecular formula is C18H21N3O4. The lowest BCUT2D eigenvalue weighted by Crippen LogP contribution is -2.57. The van der Waals surface area contributed by atoms with Gasteiger partial charge in [0.05, 0.1) is 31.7 Å². The van der Waals surface area contributed by atoms with Gasteiger partial charge in [0.25, 0.3) is 5.91 Å². The number of nitrogens with two attached hydrogens (primary N) is 1. The zero-order valence-electron chi connectivity index (χ0n) is 14.1. The third-order valence-electron chi connectivity index (χ3n) is 4.32. The van der Waals surface area contributed by atoms with Gasteiger partial charge in [0.2, 0.25) is 5.91 Å². The van der Waals surface area contributed by atoms with Crippen LogP contribution in [0, 0.1) is 0 Å². The third kappa shape index (κ3) is 3.62. The van der Waals surface area contributed by atoms with Gasteiger partial charge in [-0.3, -0.25) is 14.6 Å². The van der Waals surface area contributed by atoms with Gasteiger partial charge in [0, 0.05) is 30.8 Å². The fourth-order valence-corrected chi connectivity index (χ4v) is 3.30. The summed E-state index contributed by atoms with van der Waals surface area (Å²) >= 11 is 0. The number of carbonyl (C=O) groups is 2. The van der Waals surface area contributed by atoms with Crippen molar-refractivity contribution in [2.24, 2.45) is 5.73 Å². The molecule has 2 heterocycles. The minimum atomic E-state index is -0.905. The molecule has 0 bridgehead atoms. The molecule has 1 fully saturated rings. The minimum Gasteiger partial charge on any atom is -0.382 e. The minimum absolute atomic E-state index is 0.00170. The molecule has 25 heavy (non-hydrogen) atoms. The van der Waals surface area contributed by atoms with E-state index in [1.54, 1.807) is 23.2 Å². The predicted octanol–water partition coefficient (Wildman–Crippen LogP) is 0.968. The lowest BCUT2D eigenvalue weighted by atomic mass is 9.96. The molecule has 1 atom stereocenters. The third-order valence-corrected chi connectivity index (χ3v) is 4.32. The molecule has 0 radical (unpaired) electrons. The monoisotopic (exact) mass is 343 g/mol. The van der Waals surface area contributed by atoms with Crippen molar-refractivity contribution >= 4 is 22.7 Å². The van der Waals surface area contributed by atoms with Gasteiger partial charge < -0.3 is 20.1 Å². The number of hydrogen-bond acceptors (Lipinski definition) is 5. The average Bonchev–Trinajstić information content (AvgIpc) is 2.60. The number of methoxy groups -OCH3 is 1. The van der Waals surface area contributed by atoms with Crippen LogP contribution in [0.1, 0.15) is 16.8 Å². The summed E-state index contributed by atoms with van der Waals surface area (Å²) in [5, 5.41) is 0.800. The standard InChI is InChI=1S/C18H21N3O4/c1-24-12-18(10-16(19)22)11-21(8-9-25-18)17(23)14-4-2-6-15-13(14)5-3-7-20-15/h2-7H,8-12H2,1H3,(H2,19,22). The van der Waals surface area contributed by atoms with Crippen LogP contribution in [-0.2, 0) is 14.3 Å². The lowest BCUT2D eigenvalue weighted by Gasteiger charge is -2.41. The molecular weight excluding hydrogens is 322 g/mol. The molecule has 0 aliphatic carbocycles. The fraction of sp³-hybridized carbons (Fsp3) is 0.389. The first-order valence-corrected chi connectivity index (χ1v) is 8.09. The molecule has 1 aromatic carbocycles. The Bertz CT molecular complexity index is 785. The van der Waals surface area contributed by atoms with Crippen LogP contribution in [0.15, 0.2) is 36.5 Å². The van der Waals surface area contributed by atoms with Crippen LogP contribution in [0.4, 0.5) is 0 Å². The van der Waals surface area contributed by atoms with Gasteiger partial charge in [-0.2, -0.15) is 0 Å². The van der Waals surface area contributed by atoms with Gasteiger partial charge in [-0.1, -0.05) is 12.1 Å². The number of fused-ring (bicyclic) bond motifs is 1. The van der Waals surface area contributed by atoms with Crippen molar-refractivity contribution in [2.75, 3.05) is 33.4 Å². The van der Waals surface area contributed by atoms with E-state index in [2.05, 4.69) is 4.98 Å². The number of carbonyl (C=O) groups excluding carboxylic acids is 2. The summed E-state index contributed by atoms with van der Waals surface area (Å²) in [6.07, 6.45) is 1.70. The summed E-state index contributed by atoms with van der Waals surface area (Å²) in [5.41, 5.74) is 5.80. The number of amides is 2. The summed E-state index contributed by atoms with van der Waals surface area (Å²) in [7, 11) is 1.53. The molecule has 2 amide bonds. The van der Waals surface area contributed by atoms with E-state index in [9.17, 15) is 9.59 Å². The van der Waals surface area contributed by atoms with Gasteiger partial charge >= 0.3 is 0 Å². The maximum atomic E-state index is 13.1. The summed E-state index contributed by atoms with van der Waals surface area (Å²) in [4.78, 5) is 30.5. The highest BCUT2D eigenvalue weighted by Crippen LogP contribution is 2.25. The Hall–Kier alpha value is -2.51. The topological polar surface area (TPSA) is 94.8 Å². The zero-order valence-corrected chi connectivity index (χ0v) is 14.1. The van der Waals surface area contributed by atoms with Crippen LogP contribution in [0.25, 0.3) is 10.9 Å². The predicted molar refractivity (Wildman–Crippen MR) is 92.0 cm³/mol. The van der Waals surface area contributed by atoms with Crippen molar-refractivity contribution in [3.63, 3.8) is 0 Å². The van der Waals surface area contributed by atoms with Crippen LogP contribution in [0.3, 0.4) is 0 Å². The number of nitrogens with zero attached hydrogens (tertiary/aromatic N) is 2. The fourth-order valence-electron chi connectivity index (χ4n) is 3.30. The average molecular weight is 343 g/mol. The smallest absolute Gasteiger partial charge is 0.254 e. The maximum absolute atomic E-state index is 13.1. The molecule has 0 spiro atoms. The molecule has 1 unspecified atom stereocenters. The molecule has 132 valence electrons. The van der Waals surface area contributed by atoms with Gasteiger partial charge in [-0.05, 0) is 18.2 Å². The van der Waals surface area contributed by atoms with Crippen molar-refractivity contribution in [1.82, 2.24) is 9.88 Å². The van der Waals surface area contributed by atoms with E-state index in [4.69, 9.17) is 15.2 Å². The summed E-state index contributed by atoms with van der Waals surface area (Å²) in [5.74, 6) is -0.604. The van der Waals surface area contributed by atoms with E-state index < -0.39 is 11.5 Å². The first-order valence-electron chi connectivity index (χ1n) is 8.09. The maximum Gasteiger partial charge on any atom is 0.254 e. The van der Waals surface area contributed by atoms with Crippen LogP contribution < -0.4 is 5.73 Å². The van der Waals surface area contributed by atoms with Crippen LogP contribution in [-0.4, -0.2) is 60.7 Å². The van der Waals surface area contributed by atoms with E-state index in [-0.39, 0.29) is 25.5 Å². The molecule has 2 N–H and O–H groups in total. The molecule has 1 aliphatic heterocycles. The quantitative estimate of drug-likeness (QED) is 0.873. The van der Waals surface area contributed by atoms with Gasteiger partial charge in [0.15, 0.2) is 0 Å². The second kappa shape index (κ2) is 7.16. The Balaban J connectivity index is 1.89. The van der Waals surface area contributed by atoms with Crippen molar-refractivity contribution in [3.05, 3.63) is 42.1 Å². The van der Waals surface area contributed by atoms with Crippen molar-refractivity contribution < 1.29 is 19.1 Å². The van der Waals surface area contributed by atoms with E-state index in [1.165, 1.54) is 7.11 Å². The van der Waals surface area contributed by atoms with E-state index in [0.29, 0.717) is 18.7 Å². The number of aromatic nitrogens is 1. The van der Waals surface area contributed by atoms with Gasteiger partial charge in [0.1, 0.15) is 5.60 Å². The molecule has 0 saturated carbocycles. The second-order valence-electron chi connectivity index (χ2n) is 6.21. The van der Waals surface area contributed by atoms with Crippen LogP contribution >= 0.6 is 0 Å². The molecule has 3 rings (SSSR count). The van der Waals surface area contributed by atoms with Crippen LogP contribution in [0.5, 0.6) is 0 Å². The molecule has 1 aromatic heterocycles. The second-order valence-corrected chi connectivity index (χ2v) is 6.21. The van der Waals surface area contributed by atoms with Crippen LogP contribution in [0.2, 0.25) is 0 Å². The number of hydrogen-bond donors (Lipinski definition) is 1. The van der Waals surface area contributed by atoms with Gasteiger partial charge in [-0.25, -0.2) is 0 Å². The Morgan fingerprint density at radius 1 is 1.36 bits per heavy atom.